The van der Waals surface area contributed by atoms with E-state index in [2.05, 4.69) is 24.3 Å². The van der Waals surface area contributed by atoms with Gasteiger partial charge in [-0.1, -0.05) is 24.3 Å². The van der Waals surface area contributed by atoms with E-state index in [0.29, 0.717) is 0 Å². The minimum absolute atomic E-state index is 0.250. The van der Waals surface area contributed by atoms with Crippen LogP contribution in [-0.2, 0) is 27.2 Å². The summed E-state index contributed by atoms with van der Waals surface area (Å²) in [7, 11) is 9.83. The van der Waals surface area contributed by atoms with Gasteiger partial charge in [0.2, 0.25) is 0 Å². The molecule has 11 heavy (non-hydrogen) atoms. The molecule has 0 heterocycles. The maximum absolute atomic E-state index is 8.12. The molecule has 1 aliphatic carbocycles. The third-order valence-electron chi connectivity index (χ3n) is 0.655. The normalized spacial score (nSPS) is 10.0. The van der Waals surface area contributed by atoms with Crippen molar-refractivity contribution >= 4 is 24.5 Å². The van der Waals surface area contributed by atoms with Crippen LogP contribution in [0, 0.1) is 0 Å². The molecular formula is C6H6Cl2NbO2. The number of halogens is 2. The second-order valence-electron chi connectivity index (χ2n) is 1.24. The van der Waals surface area contributed by atoms with Crippen molar-refractivity contribution in [2.75, 3.05) is 0 Å². The molecule has 0 amide bonds. The number of allylic oxidation sites excluding steroid dienone is 4. The van der Waals surface area contributed by atoms with Crippen LogP contribution < -0.4 is 0 Å². The second kappa shape index (κ2) is 16.6. The summed E-state index contributed by atoms with van der Waals surface area (Å²) in [6.45, 7) is 0. The van der Waals surface area contributed by atoms with Gasteiger partial charge in [0.1, 0.15) is 0 Å². The van der Waals surface area contributed by atoms with Gasteiger partial charge in [-0.25, -0.2) is 0 Å². The molecule has 0 aliphatic heterocycles. The summed E-state index contributed by atoms with van der Waals surface area (Å²) in [4.78, 5) is 16.2. The van der Waals surface area contributed by atoms with Crippen molar-refractivity contribution in [1.29, 1.82) is 0 Å². The molecule has 2 nitrogen and oxygen atoms in total. The van der Waals surface area contributed by atoms with Gasteiger partial charge in [-0.05, 0) is 6.42 Å². The Labute approximate surface area is 82.2 Å². The molecule has 61 valence electrons. The Balaban J connectivity index is 0. The van der Waals surface area contributed by atoms with Gasteiger partial charge in [0.05, 0.1) is 0 Å². The molecule has 0 saturated carbocycles. The summed E-state index contributed by atoms with van der Waals surface area (Å²) in [6.07, 6.45) is 9.75. The van der Waals surface area contributed by atoms with E-state index in [1.807, 2.05) is 0 Å². The van der Waals surface area contributed by atoms with Crippen LogP contribution in [0.5, 0.6) is 0 Å². The van der Waals surface area contributed by atoms with E-state index in [4.69, 9.17) is 28.0 Å². The number of hydrogen-bond acceptors (Lipinski definition) is 2. The van der Waals surface area contributed by atoms with Crippen molar-refractivity contribution in [1.82, 2.24) is 0 Å². The van der Waals surface area contributed by atoms with Crippen LogP contribution in [0.2, 0.25) is 0 Å². The fraction of sp³-hybridized carbons (Fsp3) is 0.167. The van der Waals surface area contributed by atoms with Crippen molar-refractivity contribution in [2.24, 2.45) is 0 Å². The molecule has 0 aromatic rings. The van der Waals surface area contributed by atoms with Crippen LogP contribution in [0.15, 0.2) is 24.3 Å². The average molecular weight is 274 g/mol. The summed E-state index contributed by atoms with van der Waals surface area (Å²) in [5.41, 5.74) is 0. The van der Waals surface area contributed by atoms with Crippen molar-refractivity contribution in [3.8, 4) is 0 Å². The maximum atomic E-state index is 8.12. The molecule has 0 aromatic carbocycles. The third-order valence-corrected chi connectivity index (χ3v) is 0.655. The first-order chi connectivity index (χ1) is 5.33. The van der Waals surface area contributed by atoms with Crippen LogP contribution in [-0.4, -0.2) is 6.15 Å². The van der Waals surface area contributed by atoms with E-state index in [1.165, 1.54) is 0 Å². The molecule has 0 bridgehead atoms. The second-order valence-corrected chi connectivity index (χ2v) is 4.58. The third kappa shape index (κ3) is 25.4. The molecule has 0 N–H and O–H groups in total. The Morgan fingerprint density at radius 3 is 1.55 bits per heavy atom. The topological polar surface area (TPSA) is 34.1 Å². The number of rotatable bonds is 0. The first-order valence-electron chi connectivity index (χ1n) is 2.56. The summed E-state index contributed by atoms with van der Waals surface area (Å²) in [6, 6.07) is 0. The number of carbonyl (C=O) groups excluding carboxylic acids is 2. The average Bonchev–Trinajstić information content (AvgIpc) is 2.44. The van der Waals surface area contributed by atoms with Gasteiger partial charge in [-0.3, -0.25) is 0 Å². The van der Waals surface area contributed by atoms with Crippen molar-refractivity contribution in [3.05, 3.63) is 24.3 Å². The molecule has 0 fully saturated rings. The first-order valence-corrected chi connectivity index (χ1v) is 8.22. The summed E-state index contributed by atoms with van der Waals surface area (Å²) in [5, 5.41) is 0. The van der Waals surface area contributed by atoms with E-state index in [0.717, 1.165) is 6.42 Å². The number of hydrogen-bond donors (Lipinski definition) is 0. The molecular weight excluding hydrogens is 268 g/mol. The Hall–Kier alpha value is 0.180. The van der Waals surface area contributed by atoms with Gasteiger partial charge in [0.15, 0.2) is 0 Å². The van der Waals surface area contributed by atoms with Gasteiger partial charge in [0, 0.05) is 0 Å². The van der Waals surface area contributed by atoms with E-state index in [-0.39, 0.29) is 6.15 Å². The fourth-order valence-corrected chi connectivity index (χ4v) is 0.393. The van der Waals surface area contributed by atoms with Crippen molar-refractivity contribution in [2.45, 2.75) is 6.42 Å². The molecule has 0 unspecified atom stereocenters. The van der Waals surface area contributed by atoms with Crippen LogP contribution in [0.3, 0.4) is 0 Å². The SMILES string of the molecule is C1=CCC=C1.O=C=O.[Cl][Nb][Cl]. The zero-order valence-corrected chi connectivity index (χ0v) is 9.25. The molecule has 1 aliphatic rings. The van der Waals surface area contributed by atoms with Gasteiger partial charge in [0.25, 0.3) is 0 Å². The van der Waals surface area contributed by atoms with Crippen LogP contribution in [0.25, 0.3) is 0 Å². The van der Waals surface area contributed by atoms with Crippen molar-refractivity contribution < 1.29 is 27.2 Å². The zero-order chi connectivity index (χ0) is 8.95. The Kier molecular flexibility index (Phi) is 20.8. The Bertz CT molecular complexity index is 141. The van der Waals surface area contributed by atoms with Gasteiger partial charge >= 0.3 is 42.1 Å². The predicted octanol–water partition coefficient (Wildman–Crippen LogP) is 2.30. The van der Waals surface area contributed by atoms with Crippen LogP contribution in [0.1, 0.15) is 6.42 Å². The standard InChI is InChI=1S/C5H6.CO2.2ClH.Nb/c1-2-4-5-3-1;2-1-3;;;/h1-4H,5H2;;2*1H;/q;;;;+2/p-2. The van der Waals surface area contributed by atoms with E-state index >= 15 is 0 Å². The van der Waals surface area contributed by atoms with Crippen LogP contribution in [0.4, 0.5) is 0 Å². The molecule has 0 spiro atoms. The van der Waals surface area contributed by atoms with Gasteiger partial charge < -0.3 is 0 Å². The quantitative estimate of drug-likeness (QED) is 0.635. The first kappa shape index (κ1) is 13.7. The van der Waals surface area contributed by atoms with E-state index in [9.17, 15) is 0 Å². The molecule has 0 radical (unpaired) electrons. The predicted molar refractivity (Wildman–Crippen MR) is 39.6 cm³/mol. The molecule has 5 heteroatoms. The van der Waals surface area contributed by atoms with Crippen molar-refractivity contribution in [3.63, 3.8) is 0 Å². The van der Waals surface area contributed by atoms with E-state index < -0.39 is 17.6 Å². The molecule has 1 rings (SSSR count). The molecule has 0 saturated heterocycles. The van der Waals surface area contributed by atoms with Crippen LogP contribution >= 0.6 is 18.4 Å². The Morgan fingerprint density at radius 1 is 1.18 bits per heavy atom. The molecule has 0 atom stereocenters. The summed E-state index contributed by atoms with van der Waals surface area (Å²) in [5.74, 6) is 0. The summed E-state index contributed by atoms with van der Waals surface area (Å²) >= 11 is -0.706. The minimum atomic E-state index is -0.706. The molecule has 0 aromatic heterocycles. The van der Waals surface area contributed by atoms with Gasteiger partial charge in [-0.2, -0.15) is 9.59 Å². The monoisotopic (exact) mass is 273 g/mol. The van der Waals surface area contributed by atoms with E-state index in [1.54, 1.807) is 0 Å². The summed E-state index contributed by atoms with van der Waals surface area (Å²) < 4.78 is 0. The zero-order valence-electron chi connectivity index (χ0n) is 5.54. The van der Waals surface area contributed by atoms with Gasteiger partial charge in [-0.15, -0.1) is 0 Å². The fourth-order valence-electron chi connectivity index (χ4n) is 0.393. The Morgan fingerprint density at radius 2 is 1.45 bits per heavy atom.